The second-order valence-corrected chi connectivity index (χ2v) is 3.45. The molecule has 1 amide bonds. The molecule has 1 N–H and O–H groups in total. The van der Waals surface area contributed by atoms with E-state index in [1.54, 1.807) is 6.26 Å². The molecule has 72 valence electrons. The Hall–Kier alpha value is -1.78. The Morgan fingerprint density at radius 2 is 2.57 bits per heavy atom. The first-order valence-electron chi connectivity index (χ1n) is 4.47. The molecule has 2 aliphatic rings. The van der Waals surface area contributed by atoms with Crippen molar-refractivity contribution in [1.29, 1.82) is 0 Å². The summed E-state index contributed by atoms with van der Waals surface area (Å²) < 4.78 is 5.29. The molecular formula is C9H9N3O2. The lowest BCUT2D eigenvalue weighted by molar-refractivity contribution is -0.122. The molecule has 1 aromatic heterocycles. The molecule has 2 aliphatic heterocycles. The fourth-order valence-corrected chi connectivity index (χ4v) is 2.01. The fraction of sp³-hybridized carbons (Fsp3) is 0.333. The highest BCUT2D eigenvalue weighted by Crippen LogP contribution is 2.34. The maximum Gasteiger partial charge on any atom is 0.263 e. The van der Waals surface area contributed by atoms with Gasteiger partial charge in [-0.2, -0.15) is 5.10 Å². The minimum atomic E-state index is -0.178. The Morgan fingerprint density at radius 3 is 3.43 bits per heavy atom. The van der Waals surface area contributed by atoms with Crippen LogP contribution in [0.3, 0.4) is 0 Å². The largest absolute Gasteiger partial charge is 0.467 e. The van der Waals surface area contributed by atoms with Crippen molar-refractivity contribution < 1.29 is 9.21 Å². The fourth-order valence-electron chi connectivity index (χ4n) is 2.01. The van der Waals surface area contributed by atoms with Crippen LogP contribution in [0.25, 0.3) is 0 Å². The van der Waals surface area contributed by atoms with Crippen molar-refractivity contribution in [2.45, 2.75) is 19.4 Å². The predicted octanol–water partition coefficient (Wildman–Crippen LogP) is 0.474. The van der Waals surface area contributed by atoms with Crippen LogP contribution in [0.2, 0.25) is 0 Å². The van der Waals surface area contributed by atoms with Crippen LogP contribution in [0, 0.1) is 0 Å². The number of hydrazone groups is 1. The first kappa shape index (κ1) is 7.61. The van der Waals surface area contributed by atoms with Gasteiger partial charge in [0.2, 0.25) is 0 Å². The molecule has 0 saturated heterocycles. The molecule has 0 spiro atoms. The number of carbonyl (C=O) groups excluding carboxylic acids is 1. The molecule has 3 heterocycles. The third-order valence-corrected chi connectivity index (χ3v) is 2.65. The van der Waals surface area contributed by atoms with Gasteiger partial charge < -0.3 is 9.32 Å². The SMILES string of the molecule is CC1=NNC(=O)C2Cc3occc3N12. The van der Waals surface area contributed by atoms with Gasteiger partial charge in [-0.25, -0.2) is 5.43 Å². The number of nitrogens with one attached hydrogen (secondary N) is 1. The lowest BCUT2D eigenvalue weighted by Gasteiger charge is -2.28. The van der Waals surface area contributed by atoms with E-state index in [1.807, 2.05) is 17.9 Å². The molecule has 0 bridgehead atoms. The van der Waals surface area contributed by atoms with Crippen LogP contribution in [0.5, 0.6) is 0 Å². The summed E-state index contributed by atoms with van der Waals surface area (Å²) in [6.45, 7) is 1.87. The molecule has 0 radical (unpaired) electrons. The lowest BCUT2D eigenvalue weighted by atomic mass is 10.2. The van der Waals surface area contributed by atoms with Crippen molar-refractivity contribution in [3.05, 3.63) is 18.1 Å². The standard InChI is InChI=1S/C9H9N3O2/c1-5-10-11-9(13)7-4-8-6(12(5)7)2-3-14-8/h2-3,7H,4H2,1H3,(H,11,13). The molecular weight excluding hydrogens is 182 g/mol. The number of amidine groups is 1. The number of fused-ring (bicyclic) bond motifs is 3. The number of rotatable bonds is 0. The van der Waals surface area contributed by atoms with Crippen molar-refractivity contribution in [2.24, 2.45) is 5.10 Å². The third kappa shape index (κ3) is 0.787. The van der Waals surface area contributed by atoms with Gasteiger partial charge in [0.15, 0.2) is 0 Å². The van der Waals surface area contributed by atoms with E-state index in [-0.39, 0.29) is 11.9 Å². The van der Waals surface area contributed by atoms with Gasteiger partial charge in [0.05, 0.1) is 12.0 Å². The Balaban J connectivity index is 2.13. The number of carbonyl (C=O) groups is 1. The smallest absolute Gasteiger partial charge is 0.263 e. The molecule has 14 heavy (non-hydrogen) atoms. The minimum absolute atomic E-state index is 0.0676. The third-order valence-electron chi connectivity index (χ3n) is 2.65. The molecule has 5 nitrogen and oxygen atoms in total. The van der Waals surface area contributed by atoms with Gasteiger partial charge in [0.1, 0.15) is 17.6 Å². The van der Waals surface area contributed by atoms with Crippen molar-refractivity contribution >= 4 is 17.4 Å². The summed E-state index contributed by atoms with van der Waals surface area (Å²) >= 11 is 0. The highest BCUT2D eigenvalue weighted by atomic mass is 16.3. The molecule has 0 aromatic carbocycles. The Bertz CT molecular complexity index is 435. The number of anilines is 1. The zero-order valence-electron chi connectivity index (χ0n) is 7.65. The summed E-state index contributed by atoms with van der Waals surface area (Å²) in [6.07, 6.45) is 2.27. The van der Waals surface area contributed by atoms with Gasteiger partial charge in [-0.1, -0.05) is 0 Å². The quantitative estimate of drug-likeness (QED) is 0.648. The van der Waals surface area contributed by atoms with Gasteiger partial charge in [0.25, 0.3) is 5.91 Å². The normalized spacial score (nSPS) is 24.1. The Morgan fingerprint density at radius 1 is 1.71 bits per heavy atom. The highest BCUT2D eigenvalue weighted by Gasteiger charge is 2.40. The van der Waals surface area contributed by atoms with E-state index < -0.39 is 0 Å². The first-order chi connectivity index (χ1) is 6.77. The second kappa shape index (κ2) is 2.37. The predicted molar refractivity (Wildman–Crippen MR) is 49.9 cm³/mol. The van der Waals surface area contributed by atoms with E-state index in [4.69, 9.17) is 4.42 Å². The molecule has 3 rings (SSSR count). The molecule has 1 unspecified atom stereocenters. The molecule has 1 atom stereocenters. The minimum Gasteiger partial charge on any atom is -0.467 e. The molecule has 0 aliphatic carbocycles. The van der Waals surface area contributed by atoms with E-state index in [0.29, 0.717) is 6.42 Å². The molecule has 1 aromatic rings. The van der Waals surface area contributed by atoms with Gasteiger partial charge in [-0.15, -0.1) is 0 Å². The molecule has 0 fully saturated rings. The van der Waals surface area contributed by atoms with E-state index >= 15 is 0 Å². The maximum absolute atomic E-state index is 11.5. The van der Waals surface area contributed by atoms with E-state index in [2.05, 4.69) is 10.5 Å². The van der Waals surface area contributed by atoms with Crippen LogP contribution >= 0.6 is 0 Å². The molecule has 5 heteroatoms. The van der Waals surface area contributed by atoms with E-state index in [0.717, 1.165) is 17.3 Å². The van der Waals surface area contributed by atoms with Crippen molar-refractivity contribution in [1.82, 2.24) is 5.43 Å². The van der Waals surface area contributed by atoms with Crippen LogP contribution in [0.1, 0.15) is 12.7 Å². The van der Waals surface area contributed by atoms with Crippen molar-refractivity contribution in [2.75, 3.05) is 4.90 Å². The maximum atomic E-state index is 11.5. The van der Waals surface area contributed by atoms with Crippen molar-refractivity contribution in [3.63, 3.8) is 0 Å². The molecule has 0 saturated carbocycles. The lowest BCUT2D eigenvalue weighted by Crippen LogP contribution is -2.51. The average Bonchev–Trinajstić information content (AvgIpc) is 2.70. The van der Waals surface area contributed by atoms with Crippen LogP contribution in [0.15, 0.2) is 21.8 Å². The second-order valence-electron chi connectivity index (χ2n) is 3.45. The summed E-state index contributed by atoms with van der Waals surface area (Å²) in [7, 11) is 0. The Kier molecular flexibility index (Phi) is 1.29. The van der Waals surface area contributed by atoms with Gasteiger partial charge >= 0.3 is 0 Å². The summed E-state index contributed by atoms with van der Waals surface area (Å²) in [5.74, 6) is 1.60. The van der Waals surface area contributed by atoms with E-state index in [1.165, 1.54) is 0 Å². The number of amides is 1. The summed E-state index contributed by atoms with van der Waals surface area (Å²) in [5, 5.41) is 3.93. The van der Waals surface area contributed by atoms with Crippen LogP contribution in [-0.2, 0) is 11.2 Å². The monoisotopic (exact) mass is 191 g/mol. The highest BCUT2D eigenvalue weighted by molar-refractivity contribution is 6.07. The summed E-state index contributed by atoms with van der Waals surface area (Å²) in [4.78, 5) is 13.4. The average molecular weight is 191 g/mol. The van der Waals surface area contributed by atoms with Crippen LogP contribution in [-0.4, -0.2) is 17.8 Å². The van der Waals surface area contributed by atoms with Gasteiger partial charge in [-0.3, -0.25) is 4.79 Å². The van der Waals surface area contributed by atoms with Gasteiger partial charge in [-0.05, 0) is 6.92 Å². The topological polar surface area (TPSA) is 57.8 Å². The number of nitrogens with zero attached hydrogens (tertiary/aromatic N) is 2. The van der Waals surface area contributed by atoms with Crippen LogP contribution in [0.4, 0.5) is 5.69 Å². The number of hydrogen-bond acceptors (Lipinski definition) is 4. The zero-order valence-corrected chi connectivity index (χ0v) is 7.65. The number of hydrogen-bond donors (Lipinski definition) is 1. The zero-order chi connectivity index (χ0) is 9.71. The summed E-state index contributed by atoms with van der Waals surface area (Å²) in [6, 6.07) is 1.69. The Labute approximate surface area is 80.4 Å². The summed E-state index contributed by atoms with van der Waals surface area (Å²) in [5.41, 5.74) is 3.46. The first-order valence-corrected chi connectivity index (χ1v) is 4.47. The van der Waals surface area contributed by atoms with Crippen LogP contribution < -0.4 is 10.3 Å². The van der Waals surface area contributed by atoms with E-state index in [9.17, 15) is 4.79 Å². The van der Waals surface area contributed by atoms with Gasteiger partial charge in [0, 0.05) is 12.5 Å². The number of furan rings is 1. The van der Waals surface area contributed by atoms with Crippen molar-refractivity contribution in [3.8, 4) is 0 Å².